The van der Waals surface area contributed by atoms with Crippen molar-refractivity contribution in [1.29, 1.82) is 0 Å². The predicted octanol–water partition coefficient (Wildman–Crippen LogP) is 2.43. The average molecular weight is 204 g/mol. The maximum Gasteiger partial charge on any atom is 0.279 e. The molecule has 0 bridgehead atoms. The van der Waals surface area contributed by atoms with E-state index in [0.29, 0.717) is 16.8 Å². The molecule has 0 spiro atoms. The second-order valence-electron chi connectivity index (χ2n) is 2.93. The standard InChI is InChI=1S/C11H12N2O2/c1-4-9-6-5-7-10(13(14)15)11(9)8(2)12-3/h4-7,12H,1-2H2,3H3. The molecule has 0 saturated heterocycles. The fraction of sp³-hybridized carbons (Fsp3) is 0.0909. The minimum absolute atomic E-state index is 0.0340. The van der Waals surface area contributed by atoms with E-state index < -0.39 is 4.92 Å². The third kappa shape index (κ3) is 2.04. The van der Waals surface area contributed by atoms with Crippen LogP contribution in [0.25, 0.3) is 11.8 Å². The molecule has 0 saturated carbocycles. The molecule has 4 heteroatoms. The van der Waals surface area contributed by atoms with Gasteiger partial charge in [0.15, 0.2) is 0 Å². The van der Waals surface area contributed by atoms with Gasteiger partial charge in [0, 0.05) is 18.8 Å². The highest BCUT2D eigenvalue weighted by atomic mass is 16.6. The van der Waals surface area contributed by atoms with E-state index in [1.165, 1.54) is 6.07 Å². The SMILES string of the molecule is C=Cc1cccc([N+](=O)[O-])c1C(=C)NC. The zero-order valence-electron chi connectivity index (χ0n) is 8.49. The van der Waals surface area contributed by atoms with Crippen molar-refractivity contribution in [3.8, 4) is 0 Å². The Morgan fingerprint density at radius 2 is 2.27 bits per heavy atom. The van der Waals surface area contributed by atoms with Crippen molar-refractivity contribution < 1.29 is 4.92 Å². The van der Waals surface area contributed by atoms with Gasteiger partial charge in [-0.25, -0.2) is 0 Å². The number of nitro benzene ring substituents is 1. The summed E-state index contributed by atoms with van der Waals surface area (Å²) in [5.74, 6) is 0. The summed E-state index contributed by atoms with van der Waals surface area (Å²) in [7, 11) is 1.67. The van der Waals surface area contributed by atoms with Crippen molar-refractivity contribution >= 4 is 17.5 Å². The fourth-order valence-corrected chi connectivity index (χ4v) is 1.33. The van der Waals surface area contributed by atoms with Crippen molar-refractivity contribution in [1.82, 2.24) is 5.32 Å². The van der Waals surface area contributed by atoms with E-state index in [-0.39, 0.29) is 5.69 Å². The lowest BCUT2D eigenvalue weighted by Crippen LogP contribution is -2.07. The van der Waals surface area contributed by atoms with E-state index in [1.54, 1.807) is 25.3 Å². The molecular weight excluding hydrogens is 192 g/mol. The minimum atomic E-state index is -0.426. The minimum Gasteiger partial charge on any atom is -0.388 e. The van der Waals surface area contributed by atoms with E-state index in [2.05, 4.69) is 18.5 Å². The number of nitrogens with zero attached hydrogens (tertiary/aromatic N) is 1. The Kier molecular flexibility index (Phi) is 3.23. The highest BCUT2D eigenvalue weighted by Gasteiger charge is 2.17. The van der Waals surface area contributed by atoms with Gasteiger partial charge < -0.3 is 5.32 Å². The Morgan fingerprint density at radius 3 is 2.73 bits per heavy atom. The molecule has 0 aliphatic rings. The predicted molar refractivity (Wildman–Crippen MR) is 61.3 cm³/mol. The first-order valence-corrected chi connectivity index (χ1v) is 4.38. The van der Waals surface area contributed by atoms with E-state index >= 15 is 0 Å². The molecular formula is C11H12N2O2. The zero-order valence-corrected chi connectivity index (χ0v) is 8.49. The summed E-state index contributed by atoms with van der Waals surface area (Å²) in [5.41, 5.74) is 1.73. The van der Waals surface area contributed by atoms with Gasteiger partial charge in [-0.3, -0.25) is 10.1 Å². The number of hydrogen-bond donors (Lipinski definition) is 1. The van der Waals surface area contributed by atoms with Crippen molar-refractivity contribution in [2.75, 3.05) is 7.05 Å². The summed E-state index contributed by atoms with van der Waals surface area (Å²) >= 11 is 0. The number of rotatable bonds is 4. The normalized spacial score (nSPS) is 9.40. The molecule has 0 radical (unpaired) electrons. The molecule has 0 aliphatic carbocycles. The molecule has 0 aliphatic heterocycles. The maximum atomic E-state index is 10.8. The third-order valence-corrected chi connectivity index (χ3v) is 2.09. The second kappa shape index (κ2) is 4.41. The van der Waals surface area contributed by atoms with Crippen LogP contribution < -0.4 is 5.32 Å². The molecule has 0 atom stereocenters. The van der Waals surface area contributed by atoms with Gasteiger partial charge in [-0.05, 0) is 5.56 Å². The number of benzene rings is 1. The van der Waals surface area contributed by atoms with Crippen LogP contribution >= 0.6 is 0 Å². The van der Waals surface area contributed by atoms with Gasteiger partial charge >= 0.3 is 0 Å². The lowest BCUT2D eigenvalue weighted by molar-refractivity contribution is -0.385. The quantitative estimate of drug-likeness (QED) is 0.605. The van der Waals surface area contributed by atoms with Gasteiger partial charge in [0.2, 0.25) is 0 Å². The third-order valence-electron chi connectivity index (χ3n) is 2.09. The van der Waals surface area contributed by atoms with Crippen LogP contribution in [0.2, 0.25) is 0 Å². The van der Waals surface area contributed by atoms with Crippen molar-refractivity contribution in [3.63, 3.8) is 0 Å². The summed E-state index contributed by atoms with van der Waals surface area (Å²) in [4.78, 5) is 10.4. The van der Waals surface area contributed by atoms with Gasteiger partial charge in [-0.15, -0.1) is 0 Å². The van der Waals surface area contributed by atoms with Crippen LogP contribution in [0.3, 0.4) is 0 Å². The Morgan fingerprint density at radius 1 is 1.60 bits per heavy atom. The molecule has 0 amide bonds. The van der Waals surface area contributed by atoms with Crippen LogP contribution in [-0.4, -0.2) is 12.0 Å². The highest BCUT2D eigenvalue weighted by Crippen LogP contribution is 2.27. The van der Waals surface area contributed by atoms with Crippen molar-refractivity contribution in [2.45, 2.75) is 0 Å². The molecule has 1 N–H and O–H groups in total. The molecule has 78 valence electrons. The topological polar surface area (TPSA) is 55.2 Å². The Labute approximate surface area is 88.1 Å². The zero-order chi connectivity index (χ0) is 11.4. The van der Waals surface area contributed by atoms with E-state index in [0.717, 1.165) is 0 Å². The summed E-state index contributed by atoms with van der Waals surface area (Å²) in [6.07, 6.45) is 1.57. The summed E-state index contributed by atoms with van der Waals surface area (Å²) < 4.78 is 0. The smallest absolute Gasteiger partial charge is 0.279 e. The Balaban J connectivity index is 3.46. The Hall–Kier alpha value is -2.10. The van der Waals surface area contributed by atoms with Crippen LogP contribution in [0, 0.1) is 10.1 Å². The first-order chi connectivity index (χ1) is 7.11. The molecule has 0 fully saturated rings. The molecule has 1 rings (SSSR count). The number of nitrogens with one attached hydrogen (secondary N) is 1. The van der Waals surface area contributed by atoms with Gasteiger partial charge in [0.1, 0.15) is 0 Å². The molecule has 0 aromatic heterocycles. The van der Waals surface area contributed by atoms with Crippen LogP contribution in [0.1, 0.15) is 11.1 Å². The number of nitro groups is 1. The maximum absolute atomic E-state index is 10.8. The van der Waals surface area contributed by atoms with Crippen LogP contribution in [-0.2, 0) is 0 Å². The van der Waals surface area contributed by atoms with Crippen LogP contribution in [0.15, 0.2) is 31.4 Å². The van der Waals surface area contributed by atoms with E-state index in [4.69, 9.17) is 0 Å². The molecule has 1 aromatic carbocycles. The highest BCUT2D eigenvalue weighted by molar-refractivity contribution is 5.78. The summed E-state index contributed by atoms with van der Waals surface area (Å²) in [6, 6.07) is 4.84. The lowest BCUT2D eigenvalue weighted by atomic mass is 10.0. The first kappa shape index (κ1) is 11.0. The van der Waals surface area contributed by atoms with Gasteiger partial charge in [0.05, 0.1) is 10.5 Å². The van der Waals surface area contributed by atoms with Crippen LogP contribution in [0.5, 0.6) is 0 Å². The van der Waals surface area contributed by atoms with E-state index in [1.807, 2.05) is 0 Å². The fourth-order valence-electron chi connectivity index (χ4n) is 1.33. The summed E-state index contributed by atoms with van der Waals surface area (Å²) in [6.45, 7) is 7.35. The molecule has 4 nitrogen and oxygen atoms in total. The molecule has 0 unspecified atom stereocenters. The first-order valence-electron chi connectivity index (χ1n) is 4.38. The van der Waals surface area contributed by atoms with Gasteiger partial charge in [0.25, 0.3) is 5.69 Å². The van der Waals surface area contributed by atoms with Gasteiger partial charge in [-0.1, -0.05) is 31.4 Å². The monoisotopic (exact) mass is 204 g/mol. The van der Waals surface area contributed by atoms with Crippen molar-refractivity contribution in [2.24, 2.45) is 0 Å². The second-order valence-corrected chi connectivity index (χ2v) is 2.93. The summed E-state index contributed by atoms with van der Waals surface area (Å²) in [5, 5.41) is 13.6. The molecule has 0 heterocycles. The van der Waals surface area contributed by atoms with Gasteiger partial charge in [-0.2, -0.15) is 0 Å². The number of hydrogen-bond acceptors (Lipinski definition) is 3. The van der Waals surface area contributed by atoms with Crippen molar-refractivity contribution in [3.05, 3.63) is 52.6 Å². The molecule has 15 heavy (non-hydrogen) atoms. The largest absolute Gasteiger partial charge is 0.388 e. The lowest BCUT2D eigenvalue weighted by Gasteiger charge is -2.09. The molecule has 1 aromatic rings. The Bertz CT molecular complexity index is 425. The van der Waals surface area contributed by atoms with E-state index in [9.17, 15) is 10.1 Å². The average Bonchev–Trinajstić information content (AvgIpc) is 2.26. The van der Waals surface area contributed by atoms with Crippen LogP contribution in [0.4, 0.5) is 5.69 Å².